The molecule has 0 aliphatic carbocycles. The van der Waals surface area contributed by atoms with E-state index in [1.807, 2.05) is 18.2 Å². The van der Waals surface area contributed by atoms with Crippen molar-refractivity contribution in [2.45, 2.75) is 4.90 Å². The van der Waals surface area contributed by atoms with Crippen LogP contribution in [0, 0.1) is 0 Å². The van der Waals surface area contributed by atoms with Crippen LogP contribution >= 0.6 is 11.8 Å². The van der Waals surface area contributed by atoms with E-state index >= 15 is 0 Å². The van der Waals surface area contributed by atoms with Crippen LogP contribution in [0.15, 0.2) is 47.4 Å². The highest BCUT2D eigenvalue weighted by atomic mass is 32.2. The lowest BCUT2D eigenvalue weighted by molar-refractivity contribution is 0.355. The SMILES string of the molecule is COc1ccc(-c2ccc(SC)cc2)cc1OC. The third-order valence-electron chi connectivity index (χ3n) is 2.81. The molecular formula is C15H16O2S. The number of thioether (sulfide) groups is 1. The van der Waals surface area contributed by atoms with Gasteiger partial charge >= 0.3 is 0 Å². The first-order valence-corrected chi connectivity index (χ1v) is 6.87. The third-order valence-corrected chi connectivity index (χ3v) is 3.55. The van der Waals surface area contributed by atoms with Gasteiger partial charge in [0.05, 0.1) is 14.2 Å². The molecule has 0 saturated carbocycles. The number of hydrogen-bond donors (Lipinski definition) is 0. The van der Waals surface area contributed by atoms with E-state index in [9.17, 15) is 0 Å². The van der Waals surface area contributed by atoms with E-state index in [-0.39, 0.29) is 0 Å². The average molecular weight is 260 g/mol. The second-order valence-electron chi connectivity index (χ2n) is 3.80. The summed E-state index contributed by atoms with van der Waals surface area (Å²) in [6, 6.07) is 14.4. The average Bonchev–Trinajstić information content (AvgIpc) is 2.46. The van der Waals surface area contributed by atoms with Crippen molar-refractivity contribution < 1.29 is 9.47 Å². The Morgan fingerprint density at radius 2 is 1.39 bits per heavy atom. The second kappa shape index (κ2) is 5.83. The highest BCUT2D eigenvalue weighted by Gasteiger charge is 2.05. The van der Waals surface area contributed by atoms with Crippen LogP contribution in [-0.2, 0) is 0 Å². The summed E-state index contributed by atoms with van der Waals surface area (Å²) in [5.41, 5.74) is 2.30. The van der Waals surface area contributed by atoms with Gasteiger partial charge in [-0.2, -0.15) is 0 Å². The molecule has 0 aliphatic heterocycles. The summed E-state index contributed by atoms with van der Waals surface area (Å²) in [6.07, 6.45) is 2.07. The van der Waals surface area contributed by atoms with Crippen molar-refractivity contribution in [2.24, 2.45) is 0 Å². The Morgan fingerprint density at radius 1 is 0.778 bits per heavy atom. The van der Waals surface area contributed by atoms with E-state index in [0.29, 0.717) is 0 Å². The van der Waals surface area contributed by atoms with Crippen LogP contribution in [0.1, 0.15) is 0 Å². The number of hydrogen-bond acceptors (Lipinski definition) is 3. The van der Waals surface area contributed by atoms with Crippen LogP contribution in [-0.4, -0.2) is 20.5 Å². The van der Waals surface area contributed by atoms with Crippen molar-refractivity contribution >= 4 is 11.8 Å². The number of ether oxygens (including phenoxy) is 2. The van der Waals surface area contributed by atoms with Crippen molar-refractivity contribution in [1.82, 2.24) is 0 Å². The summed E-state index contributed by atoms with van der Waals surface area (Å²) in [5.74, 6) is 1.51. The monoisotopic (exact) mass is 260 g/mol. The highest BCUT2D eigenvalue weighted by molar-refractivity contribution is 7.98. The minimum absolute atomic E-state index is 0.752. The Morgan fingerprint density at radius 3 is 1.94 bits per heavy atom. The first-order valence-electron chi connectivity index (χ1n) is 5.65. The first kappa shape index (κ1) is 12.8. The largest absolute Gasteiger partial charge is 0.493 e. The lowest BCUT2D eigenvalue weighted by atomic mass is 10.1. The van der Waals surface area contributed by atoms with Crippen molar-refractivity contribution in [3.8, 4) is 22.6 Å². The Kier molecular flexibility index (Phi) is 4.15. The summed E-state index contributed by atoms with van der Waals surface area (Å²) in [4.78, 5) is 1.26. The van der Waals surface area contributed by atoms with Gasteiger partial charge in [0.1, 0.15) is 0 Å². The molecule has 0 fully saturated rings. The predicted molar refractivity (Wildman–Crippen MR) is 76.8 cm³/mol. The van der Waals surface area contributed by atoms with E-state index < -0.39 is 0 Å². The van der Waals surface area contributed by atoms with Crippen molar-refractivity contribution in [1.29, 1.82) is 0 Å². The Hall–Kier alpha value is -1.61. The van der Waals surface area contributed by atoms with Crippen molar-refractivity contribution in [3.05, 3.63) is 42.5 Å². The van der Waals surface area contributed by atoms with Crippen LogP contribution in [0.5, 0.6) is 11.5 Å². The lowest BCUT2D eigenvalue weighted by Crippen LogP contribution is -1.90. The normalized spacial score (nSPS) is 10.2. The zero-order valence-electron chi connectivity index (χ0n) is 10.8. The maximum absolute atomic E-state index is 5.31. The molecule has 0 atom stereocenters. The highest BCUT2D eigenvalue weighted by Crippen LogP contribution is 2.32. The molecule has 0 unspecified atom stereocenters. The molecule has 94 valence electrons. The Bertz CT molecular complexity index is 521. The molecule has 0 heterocycles. The van der Waals surface area contributed by atoms with Gasteiger partial charge in [-0.05, 0) is 41.6 Å². The fraction of sp³-hybridized carbons (Fsp3) is 0.200. The molecule has 3 heteroatoms. The van der Waals surface area contributed by atoms with Gasteiger partial charge < -0.3 is 9.47 Å². The molecule has 0 aliphatic rings. The smallest absolute Gasteiger partial charge is 0.161 e. The first-order chi connectivity index (χ1) is 8.78. The minimum atomic E-state index is 0.752. The quantitative estimate of drug-likeness (QED) is 0.771. The molecule has 0 radical (unpaired) electrons. The van der Waals surface area contributed by atoms with Crippen LogP contribution in [0.4, 0.5) is 0 Å². The molecule has 0 spiro atoms. The Balaban J connectivity index is 2.37. The number of benzene rings is 2. The number of rotatable bonds is 4. The van der Waals surface area contributed by atoms with E-state index in [2.05, 4.69) is 30.5 Å². The Labute approximate surface area is 112 Å². The summed E-state index contributed by atoms with van der Waals surface area (Å²) in [7, 11) is 3.29. The molecule has 2 aromatic carbocycles. The lowest BCUT2D eigenvalue weighted by Gasteiger charge is -2.10. The predicted octanol–water partition coefficient (Wildman–Crippen LogP) is 4.09. The van der Waals surface area contributed by atoms with Crippen LogP contribution in [0.3, 0.4) is 0 Å². The van der Waals surface area contributed by atoms with Gasteiger partial charge in [-0.3, -0.25) is 0 Å². The van der Waals surface area contributed by atoms with E-state index in [1.54, 1.807) is 26.0 Å². The molecule has 18 heavy (non-hydrogen) atoms. The summed E-state index contributed by atoms with van der Waals surface area (Å²) in [5, 5.41) is 0. The molecule has 2 rings (SSSR count). The van der Waals surface area contributed by atoms with Gasteiger partial charge in [-0.1, -0.05) is 18.2 Å². The summed E-state index contributed by atoms with van der Waals surface area (Å²) >= 11 is 1.74. The molecule has 0 amide bonds. The van der Waals surface area contributed by atoms with Crippen molar-refractivity contribution in [2.75, 3.05) is 20.5 Å². The van der Waals surface area contributed by atoms with E-state index in [4.69, 9.17) is 9.47 Å². The van der Waals surface area contributed by atoms with Gasteiger partial charge in [-0.15, -0.1) is 11.8 Å². The maximum atomic E-state index is 5.31. The van der Waals surface area contributed by atoms with Gasteiger partial charge in [0, 0.05) is 4.90 Å². The molecule has 0 bridgehead atoms. The van der Waals surface area contributed by atoms with Gasteiger partial charge in [-0.25, -0.2) is 0 Å². The minimum Gasteiger partial charge on any atom is -0.493 e. The second-order valence-corrected chi connectivity index (χ2v) is 4.68. The van der Waals surface area contributed by atoms with Crippen LogP contribution in [0.25, 0.3) is 11.1 Å². The van der Waals surface area contributed by atoms with Gasteiger partial charge in [0.2, 0.25) is 0 Å². The van der Waals surface area contributed by atoms with Gasteiger partial charge in [0.15, 0.2) is 11.5 Å². The standard InChI is InChI=1S/C15H16O2S/c1-16-14-9-6-12(10-15(14)17-2)11-4-7-13(18-3)8-5-11/h4-10H,1-3H3. The topological polar surface area (TPSA) is 18.5 Å². The molecule has 2 nitrogen and oxygen atoms in total. The molecule has 0 aromatic heterocycles. The molecule has 2 aromatic rings. The molecular weight excluding hydrogens is 244 g/mol. The third kappa shape index (κ3) is 2.62. The molecule has 0 N–H and O–H groups in total. The zero-order chi connectivity index (χ0) is 13.0. The van der Waals surface area contributed by atoms with Gasteiger partial charge in [0.25, 0.3) is 0 Å². The van der Waals surface area contributed by atoms with E-state index in [0.717, 1.165) is 17.1 Å². The summed E-state index contributed by atoms with van der Waals surface area (Å²) in [6.45, 7) is 0. The van der Waals surface area contributed by atoms with E-state index in [1.165, 1.54) is 10.5 Å². The number of methoxy groups -OCH3 is 2. The maximum Gasteiger partial charge on any atom is 0.161 e. The zero-order valence-corrected chi connectivity index (χ0v) is 11.6. The van der Waals surface area contributed by atoms with Crippen LogP contribution in [0.2, 0.25) is 0 Å². The fourth-order valence-corrected chi connectivity index (χ4v) is 2.21. The van der Waals surface area contributed by atoms with Crippen molar-refractivity contribution in [3.63, 3.8) is 0 Å². The fourth-order valence-electron chi connectivity index (χ4n) is 1.80. The van der Waals surface area contributed by atoms with Crippen LogP contribution < -0.4 is 9.47 Å². The molecule has 0 saturated heterocycles. The summed E-state index contributed by atoms with van der Waals surface area (Å²) < 4.78 is 10.5.